The summed E-state index contributed by atoms with van der Waals surface area (Å²) in [5.41, 5.74) is 7.81. The number of nitrogens with zero attached hydrogens (tertiary/aromatic N) is 1. The minimum absolute atomic E-state index is 0.733. The molecule has 0 saturated carbocycles. The molecule has 0 unspecified atom stereocenters. The number of hydrogen-bond donors (Lipinski definition) is 1. The Balaban J connectivity index is 2.88. The van der Waals surface area contributed by atoms with Crippen LogP contribution in [0.1, 0.15) is 0 Å². The summed E-state index contributed by atoms with van der Waals surface area (Å²) >= 11 is 6.05. The molecule has 15 heavy (non-hydrogen) atoms. The average molecular weight is 221 g/mol. The molecule has 0 aliphatic carbocycles. The molecule has 0 fully saturated rings. The standard InChI is InChI=1S/C12H13ClN2/c1-15(2)11-7-9(13)6-8-4-3-5-10(14)12(8)11/h3-7H,14H2,1-2H3. The molecule has 0 aliphatic heterocycles. The lowest BCUT2D eigenvalue weighted by Crippen LogP contribution is -2.09. The molecule has 78 valence electrons. The highest BCUT2D eigenvalue weighted by molar-refractivity contribution is 6.32. The van der Waals surface area contributed by atoms with Gasteiger partial charge in [-0.05, 0) is 23.6 Å². The lowest BCUT2D eigenvalue weighted by molar-refractivity contribution is 1.14. The molecule has 0 atom stereocenters. The van der Waals surface area contributed by atoms with Crippen molar-refractivity contribution in [3.63, 3.8) is 0 Å². The molecule has 0 saturated heterocycles. The van der Waals surface area contributed by atoms with Gasteiger partial charge in [-0.3, -0.25) is 0 Å². The largest absolute Gasteiger partial charge is 0.398 e. The summed E-state index contributed by atoms with van der Waals surface area (Å²) < 4.78 is 0. The lowest BCUT2D eigenvalue weighted by Gasteiger charge is -2.17. The van der Waals surface area contributed by atoms with Crippen LogP contribution in [0.25, 0.3) is 10.8 Å². The number of benzene rings is 2. The van der Waals surface area contributed by atoms with Crippen LogP contribution in [-0.2, 0) is 0 Å². The number of anilines is 2. The summed E-state index contributed by atoms with van der Waals surface area (Å²) in [5.74, 6) is 0. The van der Waals surface area contributed by atoms with E-state index in [2.05, 4.69) is 0 Å². The summed E-state index contributed by atoms with van der Waals surface area (Å²) in [4.78, 5) is 2.02. The van der Waals surface area contributed by atoms with Crippen molar-refractivity contribution in [2.24, 2.45) is 0 Å². The third-order valence-corrected chi connectivity index (χ3v) is 2.65. The predicted molar refractivity (Wildman–Crippen MR) is 67.7 cm³/mol. The summed E-state index contributed by atoms with van der Waals surface area (Å²) in [6, 6.07) is 9.72. The molecule has 2 aromatic rings. The maximum Gasteiger partial charge on any atom is 0.0476 e. The predicted octanol–water partition coefficient (Wildman–Crippen LogP) is 3.14. The quantitative estimate of drug-likeness (QED) is 0.749. The van der Waals surface area contributed by atoms with Gasteiger partial charge in [0.25, 0.3) is 0 Å². The highest BCUT2D eigenvalue weighted by Gasteiger charge is 2.07. The molecule has 0 heterocycles. The van der Waals surface area contributed by atoms with Crippen LogP contribution < -0.4 is 10.6 Å². The highest BCUT2D eigenvalue weighted by Crippen LogP contribution is 2.33. The van der Waals surface area contributed by atoms with Gasteiger partial charge >= 0.3 is 0 Å². The fraction of sp³-hybridized carbons (Fsp3) is 0.167. The minimum atomic E-state index is 0.733. The lowest BCUT2D eigenvalue weighted by atomic mass is 10.1. The molecule has 3 heteroatoms. The number of rotatable bonds is 1. The zero-order valence-electron chi connectivity index (χ0n) is 8.79. The molecular formula is C12H13ClN2. The Labute approximate surface area is 94.2 Å². The number of nitrogen functional groups attached to an aromatic ring is 1. The van der Waals surface area contributed by atoms with E-state index in [-0.39, 0.29) is 0 Å². The number of fused-ring (bicyclic) bond motifs is 1. The van der Waals surface area contributed by atoms with Gasteiger partial charge in [0, 0.05) is 35.9 Å². The van der Waals surface area contributed by atoms with Crippen LogP contribution in [0, 0.1) is 0 Å². The molecule has 0 radical (unpaired) electrons. The summed E-state index contributed by atoms with van der Waals surface area (Å²) in [5, 5.41) is 2.87. The van der Waals surface area contributed by atoms with Gasteiger partial charge in [0.05, 0.1) is 0 Å². The van der Waals surface area contributed by atoms with Crippen molar-refractivity contribution in [2.45, 2.75) is 0 Å². The van der Waals surface area contributed by atoms with Crippen LogP contribution in [0.5, 0.6) is 0 Å². The summed E-state index contributed by atoms with van der Waals surface area (Å²) in [6.07, 6.45) is 0. The molecule has 2 aromatic carbocycles. The van der Waals surface area contributed by atoms with E-state index in [0.29, 0.717) is 0 Å². The van der Waals surface area contributed by atoms with Gasteiger partial charge in [-0.15, -0.1) is 0 Å². The maximum absolute atomic E-state index is 6.05. The topological polar surface area (TPSA) is 29.3 Å². The Morgan fingerprint density at radius 2 is 1.93 bits per heavy atom. The fourth-order valence-electron chi connectivity index (χ4n) is 1.75. The van der Waals surface area contributed by atoms with E-state index < -0.39 is 0 Å². The molecule has 0 amide bonds. The van der Waals surface area contributed by atoms with Crippen LogP contribution in [0.3, 0.4) is 0 Å². The molecule has 0 spiro atoms. The van der Waals surface area contributed by atoms with Gasteiger partial charge in [-0.1, -0.05) is 23.7 Å². The van der Waals surface area contributed by atoms with Crippen molar-refractivity contribution in [2.75, 3.05) is 24.7 Å². The first-order chi connectivity index (χ1) is 7.09. The summed E-state index contributed by atoms with van der Waals surface area (Å²) in [7, 11) is 3.97. The Morgan fingerprint density at radius 3 is 2.60 bits per heavy atom. The van der Waals surface area contributed by atoms with E-state index >= 15 is 0 Å². The van der Waals surface area contributed by atoms with Gasteiger partial charge < -0.3 is 10.6 Å². The maximum atomic E-state index is 6.05. The Kier molecular flexibility index (Phi) is 2.45. The van der Waals surface area contributed by atoms with Crippen molar-refractivity contribution in [3.05, 3.63) is 35.4 Å². The van der Waals surface area contributed by atoms with Gasteiger partial charge in [0.15, 0.2) is 0 Å². The van der Waals surface area contributed by atoms with E-state index in [1.54, 1.807) is 0 Å². The van der Waals surface area contributed by atoms with E-state index in [9.17, 15) is 0 Å². The van der Waals surface area contributed by atoms with Gasteiger partial charge in [-0.25, -0.2) is 0 Å². The highest BCUT2D eigenvalue weighted by atomic mass is 35.5. The second kappa shape index (κ2) is 3.63. The van der Waals surface area contributed by atoms with Crippen molar-refractivity contribution >= 4 is 33.7 Å². The molecule has 0 aliphatic rings. The van der Waals surface area contributed by atoms with E-state index in [1.807, 2.05) is 49.3 Å². The second-order valence-corrected chi connectivity index (χ2v) is 4.20. The molecule has 0 aromatic heterocycles. The third kappa shape index (κ3) is 1.73. The van der Waals surface area contributed by atoms with Crippen LogP contribution in [-0.4, -0.2) is 14.1 Å². The number of hydrogen-bond acceptors (Lipinski definition) is 2. The van der Waals surface area contributed by atoms with E-state index in [4.69, 9.17) is 17.3 Å². The number of halogens is 1. The monoisotopic (exact) mass is 220 g/mol. The van der Waals surface area contributed by atoms with E-state index in [0.717, 1.165) is 27.2 Å². The van der Waals surface area contributed by atoms with E-state index in [1.165, 1.54) is 0 Å². The Hall–Kier alpha value is -1.41. The van der Waals surface area contributed by atoms with Crippen molar-refractivity contribution in [1.29, 1.82) is 0 Å². The third-order valence-electron chi connectivity index (χ3n) is 2.43. The molecule has 2 rings (SSSR count). The number of nitrogens with two attached hydrogens (primary N) is 1. The van der Waals surface area contributed by atoms with Gasteiger partial charge in [0.2, 0.25) is 0 Å². The van der Waals surface area contributed by atoms with Crippen LogP contribution in [0.2, 0.25) is 5.02 Å². The SMILES string of the molecule is CN(C)c1cc(Cl)cc2cccc(N)c12. The van der Waals surface area contributed by atoms with Gasteiger partial charge in [-0.2, -0.15) is 0 Å². The molecule has 2 N–H and O–H groups in total. The Morgan fingerprint density at radius 1 is 1.20 bits per heavy atom. The molecular weight excluding hydrogens is 208 g/mol. The zero-order chi connectivity index (χ0) is 11.0. The van der Waals surface area contributed by atoms with Crippen molar-refractivity contribution in [3.8, 4) is 0 Å². The normalized spacial score (nSPS) is 10.6. The molecule has 2 nitrogen and oxygen atoms in total. The molecule has 0 bridgehead atoms. The van der Waals surface area contributed by atoms with Crippen molar-refractivity contribution in [1.82, 2.24) is 0 Å². The summed E-state index contributed by atoms with van der Waals surface area (Å²) in [6.45, 7) is 0. The minimum Gasteiger partial charge on any atom is -0.398 e. The first kappa shape index (κ1) is 10.1. The first-order valence-electron chi connectivity index (χ1n) is 4.74. The second-order valence-electron chi connectivity index (χ2n) is 3.76. The smallest absolute Gasteiger partial charge is 0.0476 e. The van der Waals surface area contributed by atoms with Crippen LogP contribution >= 0.6 is 11.6 Å². The fourth-order valence-corrected chi connectivity index (χ4v) is 1.97. The van der Waals surface area contributed by atoms with Gasteiger partial charge in [0.1, 0.15) is 0 Å². The van der Waals surface area contributed by atoms with Crippen molar-refractivity contribution < 1.29 is 0 Å². The average Bonchev–Trinajstić information content (AvgIpc) is 2.16. The Bertz CT molecular complexity index is 506. The zero-order valence-corrected chi connectivity index (χ0v) is 9.55. The van der Waals surface area contributed by atoms with Crippen LogP contribution in [0.15, 0.2) is 30.3 Å². The first-order valence-corrected chi connectivity index (χ1v) is 5.12. The van der Waals surface area contributed by atoms with Crippen LogP contribution in [0.4, 0.5) is 11.4 Å².